The predicted molar refractivity (Wildman–Crippen MR) is 312 cm³/mol. The average Bonchev–Trinajstić information content (AvgIpc) is 3.42. The fourth-order valence-corrected chi connectivity index (χ4v) is 8.48. The molecule has 438 valence electrons. The first-order valence-electron chi connectivity index (χ1n) is 30.2. The van der Waals surface area contributed by atoms with Gasteiger partial charge in [-0.3, -0.25) is 14.4 Å². The molecule has 1 rings (SSSR count). The van der Waals surface area contributed by atoms with Crippen LogP contribution in [0.4, 0.5) is 0 Å². The molecule has 12 nitrogen and oxygen atoms in total. The van der Waals surface area contributed by atoms with E-state index >= 15 is 0 Å². The summed E-state index contributed by atoms with van der Waals surface area (Å²) in [6.45, 7) is 5.78. The van der Waals surface area contributed by atoms with E-state index < -0.39 is 67.3 Å². The van der Waals surface area contributed by atoms with Crippen LogP contribution in [0.2, 0.25) is 0 Å². The number of unbranched alkanes of at least 4 members (excludes halogenated alkanes) is 20. The zero-order chi connectivity index (χ0) is 56.1. The van der Waals surface area contributed by atoms with Gasteiger partial charge in [-0.1, -0.05) is 195 Å². The summed E-state index contributed by atoms with van der Waals surface area (Å²) in [5.41, 5.74) is 0. The zero-order valence-corrected chi connectivity index (χ0v) is 48.2. The van der Waals surface area contributed by atoms with Crippen molar-refractivity contribution in [3.63, 3.8) is 0 Å². The van der Waals surface area contributed by atoms with E-state index in [2.05, 4.69) is 118 Å². The molecule has 6 atom stereocenters. The number of esters is 3. The normalized spacial score (nSPS) is 18.7. The minimum atomic E-state index is -1.92. The van der Waals surface area contributed by atoms with Crippen molar-refractivity contribution in [2.45, 2.75) is 276 Å². The first-order valence-corrected chi connectivity index (χ1v) is 30.2. The summed E-state index contributed by atoms with van der Waals surface area (Å²) in [6.07, 6.45) is 56.6. The molecule has 0 radical (unpaired) electrons. The summed E-state index contributed by atoms with van der Waals surface area (Å²) < 4.78 is 28.4. The number of carboxylic acid groups (broad SMARTS) is 1. The molecule has 0 saturated carbocycles. The number of hydrogen-bond acceptors (Lipinski definition) is 11. The summed E-state index contributed by atoms with van der Waals surface area (Å²) >= 11 is 0. The van der Waals surface area contributed by atoms with E-state index in [4.69, 9.17) is 23.7 Å². The monoisotopic (exact) mass is 1080 g/mol. The Kier molecular flexibility index (Phi) is 48.0. The number of carbonyl (C=O) groups excluding carboxylic acids is 3. The van der Waals surface area contributed by atoms with Crippen molar-refractivity contribution in [2.24, 2.45) is 0 Å². The van der Waals surface area contributed by atoms with Gasteiger partial charge in [0.1, 0.15) is 18.8 Å². The van der Waals surface area contributed by atoms with Crippen molar-refractivity contribution in [1.82, 2.24) is 0 Å². The van der Waals surface area contributed by atoms with E-state index in [0.717, 1.165) is 135 Å². The molecule has 0 bridgehead atoms. The van der Waals surface area contributed by atoms with Gasteiger partial charge >= 0.3 is 23.9 Å². The Balaban J connectivity index is 2.71. The van der Waals surface area contributed by atoms with Gasteiger partial charge in [0.25, 0.3) is 0 Å². The SMILES string of the molecule is CC/C=C\C/C=C\C/C=C\C/C=C\CCCCC(=O)OCC(COC1OC(C(=O)O)C(O)C(O)C1OC(=O)CCCCCCCC/C=C\C/C=C\C/C=C\CCCCC)OC(=O)CCCCCCC/C=C\CCCCCC. The molecular weight excluding hydrogens is 973 g/mol. The lowest BCUT2D eigenvalue weighted by Crippen LogP contribution is -2.61. The molecule has 77 heavy (non-hydrogen) atoms. The molecular formula is C65H106O12. The maximum Gasteiger partial charge on any atom is 0.335 e. The molecule has 0 aromatic rings. The zero-order valence-electron chi connectivity index (χ0n) is 48.2. The van der Waals surface area contributed by atoms with Crippen LogP contribution in [0.15, 0.2) is 97.2 Å². The van der Waals surface area contributed by atoms with Gasteiger partial charge in [0.05, 0.1) is 6.61 Å². The van der Waals surface area contributed by atoms with Crippen LogP contribution >= 0.6 is 0 Å². The topological polar surface area (TPSA) is 175 Å². The minimum absolute atomic E-state index is 0.0369. The highest BCUT2D eigenvalue weighted by atomic mass is 16.7. The summed E-state index contributed by atoms with van der Waals surface area (Å²) in [4.78, 5) is 51.1. The molecule has 0 amide bonds. The highest BCUT2D eigenvalue weighted by Crippen LogP contribution is 2.26. The van der Waals surface area contributed by atoms with Crippen molar-refractivity contribution < 1.29 is 58.2 Å². The lowest BCUT2D eigenvalue weighted by Gasteiger charge is -2.40. The van der Waals surface area contributed by atoms with Gasteiger partial charge in [-0.15, -0.1) is 0 Å². The summed E-state index contributed by atoms with van der Waals surface area (Å²) in [5.74, 6) is -3.21. The Labute approximate surface area is 466 Å². The van der Waals surface area contributed by atoms with Crippen LogP contribution in [-0.4, -0.2) is 89.2 Å². The van der Waals surface area contributed by atoms with E-state index in [0.29, 0.717) is 19.3 Å². The van der Waals surface area contributed by atoms with Crippen LogP contribution in [-0.2, 0) is 42.9 Å². The van der Waals surface area contributed by atoms with Crippen LogP contribution in [0, 0.1) is 0 Å². The van der Waals surface area contributed by atoms with Gasteiger partial charge < -0.3 is 39.0 Å². The number of allylic oxidation sites excluding steroid dienone is 16. The number of rotatable bonds is 50. The fourth-order valence-electron chi connectivity index (χ4n) is 8.48. The van der Waals surface area contributed by atoms with Gasteiger partial charge in [0, 0.05) is 19.3 Å². The van der Waals surface area contributed by atoms with E-state index in [1.807, 2.05) is 0 Å². The minimum Gasteiger partial charge on any atom is -0.479 e. The molecule has 1 heterocycles. The van der Waals surface area contributed by atoms with Crippen LogP contribution in [0.1, 0.15) is 239 Å². The quantitative estimate of drug-likeness (QED) is 0.0228. The van der Waals surface area contributed by atoms with E-state index in [-0.39, 0.29) is 25.9 Å². The maximum absolute atomic E-state index is 13.1. The molecule has 0 aliphatic carbocycles. The summed E-state index contributed by atoms with van der Waals surface area (Å²) in [6, 6.07) is 0. The first-order chi connectivity index (χ1) is 37.6. The van der Waals surface area contributed by atoms with Gasteiger partial charge in [0.15, 0.2) is 24.6 Å². The van der Waals surface area contributed by atoms with Crippen molar-refractivity contribution >= 4 is 23.9 Å². The molecule has 1 aliphatic rings. The Hall–Kier alpha value is -4.36. The maximum atomic E-state index is 13.1. The number of ether oxygens (including phenoxy) is 5. The largest absolute Gasteiger partial charge is 0.479 e. The Bertz CT molecular complexity index is 1710. The smallest absolute Gasteiger partial charge is 0.335 e. The number of carbonyl (C=O) groups is 4. The molecule has 6 unspecified atom stereocenters. The number of aliphatic hydroxyl groups excluding tert-OH is 2. The molecule has 1 fully saturated rings. The molecule has 1 aliphatic heterocycles. The third-order valence-corrected chi connectivity index (χ3v) is 13.1. The third kappa shape index (κ3) is 42.3. The average molecular weight is 1080 g/mol. The van der Waals surface area contributed by atoms with Crippen molar-refractivity contribution in [1.29, 1.82) is 0 Å². The highest BCUT2D eigenvalue weighted by molar-refractivity contribution is 5.74. The highest BCUT2D eigenvalue weighted by Gasteiger charge is 2.50. The number of hydrogen-bond donors (Lipinski definition) is 3. The molecule has 0 spiro atoms. The Morgan fingerprint density at radius 2 is 0.818 bits per heavy atom. The standard InChI is InChI=1S/C65H106O12/c1-4-7-10-13-16-19-22-25-27-28-29-30-32-35-38-41-44-47-50-53-59(68)76-63-61(70)60(69)62(64(71)72)77-65(63)74-55-56(75-58(67)52-49-46-43-40-37-33-24-21-18-15-12-9-6-3)54-73-57(66)51-48-45-42-39-36-34-31-26-23-20-17-14-11-8-5-2/h8,11,16-17,19-21,24-27,29-31,36,39,56,60-63,65,69-70H,4-7,9-10,12-15,18,22-23,28,32-35,37-38,40-55H2,1-3H3,(H,71,72)/b11-8-,19-16-,20-17-,24-21-,27-25-,30-29-,31-26-,39-36-. The summed E-state index contributed by atoms with van der Waals surface area (Å²) in [5, 5.41) is 31.5. The molecule has 0 aromatic heterocycles. The fraction of sp³-hybridized carbons (Fsp3) is 0.692. The Morgan fingerprint density at radius 1 is 0.442 bits per heavy atom. The van der Waals surface area contributed by atoms with Gasteiger partial charge in [-0.2, -0.15) is 0 Å². The number of aliphatic hydroxyl groups is 2. The van der Waals surface area contributed by atoms with E-state index in [1.54, 1.807) is 0 Å². The molecule has 0 aromatic carbocycles. The van der Waals surface area contributed by atoms with Gasteiger partial charge in [-0.25, -0.2) is 4.79 Å². The second-order valence-electron chi connectivity index (χ2n) is 20.2. The van der Waals surface area contributed by atoms with Crippen LogP contribution in [0.5, 0.6) is 0 Å². The number of carboxylic acids is 1. The molecule has 1 saturated heterocycles. The van der Waals surface area contributed by atoms with Crippen molar-refractivity contribution in [3.05, 3.63) is 97.2 Å². The van der Waals surface area contributed by atoms with E-state index in [1.165, 1.54) is 44.9 Å². The van der Waals surface area contributed by atoms with Crippen LogP contribution in [0.3, 0.4) is 0 Å². The van der Waals surface area contributed by atoms with E-state index in [9.17, 15) is 34.5 Å². The van der Waals surface area contributed by atoms with Crippen LogP contribution in [0.25, 0.3) is 0 Å². The van der Waals surface area contributed by atoms with Crippen LogP contribution < -0.4 is 0 Å². The molecule has 3 N–H and O–H groups in total. The summed E-state index contributed by atoms with van der Waals surface area (Å²) in [7, 11) is 0. The van der Waals surface area contributed by atoms with Crippen molar-refractivity contribution in [3.8, 4) is 0 Å². The first kappa shape index (κ1) is 70.7. The lowest BCUT2D eigenvalue weighted by atomic mass is 9.98. The third-order valence-electron chi connectivity index (χ3n) is 13.1. The lowest BCUT2D eigenvalue weighted by molar-refractivity contribution is -0.301. The second-order valence-corrected chi connectivity index (χ2v) is 20.2. The van der Waals surface area contributed by atoms with Crippen molar-refractivity contribution in [2.75, 3.05) is 13.2 Å². The number of aliphatic carboxylic acids is 1. The van der Waals surface area contributed by atoms with Gasteiger partial charge in [-0.05, 0) is 122 Å². The Morgan fingerprint density at radius 3 is 1.31 bits per heavy atom. The molecule has 12 heteroatoms. The predicted octanol–water partition coefficient (Wildman–Crippen LogP) is 15.7. The van der Waals surface area contributed by atoms with Gasteiger partial charge in [0.2, 0.25) is 0 Å². The second kappa shape index (κ2) is 52.3.